The van der Waals surface area contributed by atoms with Gasteiger partial charge in [-0.2, -0.15) is 0 Å². The second-order valence-corrected chi connectivity index (χ2v) is 5.81. The van der Waals surface area contributed by atoms with Gasteiger partial charge in [0.15, 0.2) is 0 Å². The topological polar surface area (TPSA) is 72.2 Å². The van der Waals surface area contributed by atoms with E-state index in [0.29, 0.717) is 12.3 Å². The smallest absolute Gasteiger partial charge is 0.209 e. The van der Waals surface area contributed by atoms with Crippen LogP contribution in [-0.4, -0.2) is 27.3 Å². The second kappa shape index (κ2) is 6.25. The minimum Gasteiger partial charge on any atom is -0.316 e. The predicted octanol–water partition coefficient (Wildman–Crippen LogP) is 0.611. The molecule has 0 heterocycles. The average molecular weight is 232 g/mol. The zero-order valence-electron chi connectivity index (χ0n) is 8.98. The van der Waals surface area contributed by atoms with Crippen molar-refractivity contribution in [1.82, 2.24) is 5.32 Å². The van der Waals surface area contributed by atoms with Gasteiger partial charge in [0.05, 0.1) is 5.75 Å². The van der Waals surface area contributed by atoms with Gasteiger partial charge >= 0.3 is 0 Å². The molecule has 88 valence electrons. The molecule has 1 unspecified atom stereocenters. The first-order chi connectivity index (χ1) is 7.08. The number of allylic oxidation sites excluding steroid dienone is 2. The van der Waals surface area contributed by atoms with Crippen LogP contribution in [0.1, 0.15) is 25.7 Å². The average Bonchev–Trinajstić information content (AvgIpc) is 2.17. The van der Waals surface area contributed by atoms with Crippen LogP contribution in [0.3, 0.4) is 0 Å². The van der Waals surface area contributed by atoms with Crippen molar-refractivity contribution in [2.24, 2.45) is 11.1 Å². The van der Waals surface area contributed by atoms with E-state index in [0.717, 1.165) is 19.5 Å². The molecule has 3 N–H and O–H groups in total. The van der Waals surface area contributed by atoms with Gasteiger partial charge in [-0.3, -0.25) is 0 Å². The molecular formula is C10H20N2O2S. The van der Waals surface area contributed by atoms with Crippen molar-refractivity contribution in [3.8, 4) is 0 Å². The third-order valence-electron chi connectivity index (χ3n) is 2.59. The Kier molecular flexibility index (Phi) is 5.28. The summed E-state index contributed by atoms with van der Waals surface area (Å²) in [4.78, 5) is 0. The summed E-state index contributed by atoms with van der Waals surface area (Å²) in [6.07, 6.45) is 8.59. The van der Waals surface area contributed by atoms with Crippen LogP contribution in [0.2, 0.25) is 0 Å². The molecule has 0 fully saturated rings. The van der Waals surface area contributed by atoms with Gasteiger partial charge in [-0.25, -0.2) is 13.6 Å². The normalized spacial score (nSPS) is 21.8. The molecule has 0 amide bonds. The van der Waals surface area contributed by atoms with Crippen molar-refractivity contribution in [3.63, 3.8) is 0 Å². The number of rotatable bonds is 6. The fraction of sp³-hybridized carbons (Fsp3) is 0.800. The SMILES string of the molecule is NS(=O)(=O)CCCNCC1CC=CCC1. The van der Waals surface area contributed by atoms with Crippen molar-refractivity contribution < 1.29 is 8.42 Å². The minimum atomic E-state index is -3.28. The molecule has 0 aliphatic heterocycles. The standard InChI is InChI=1S/C10H20N2O2S/c11-15(13,14)8-4-7-12-9-10-5-2-1-3-6-10/h1-2,10,12H,3-9H2,(H2,11,13,14). The zero-order valence-corrected chi connectivity index (χ0v) is 9.80. The molecular weight excluding hydrogens is 212 g/mol. The minimum absolute atomic E-state index is 0.0740. The Balaban J connectivity index is 1.99. The van der Waals surface area contributed by atoms with Gasteiger partial charge in [-0.05, 0) is 44.7 Å². The monoisotopic (exact) mass is 232 g/mol. The van der Waals surface area contributed by atoms with Crippen LogP contribution in [-0.2, 0) is 10.0 Å². The Hall–Kier alpha value is -0.390. The Morgan fingerprint density at radius 3 is 2.80 bits per heavy atom. The molecule has 5 heteroatoms. The van der Waals surface area contributed by atoms with E-state index in [9.17, 15) is 8.42 Å². The summed E-state index contributed by atoms with van der Waals surface area (Å²) < 4.78 is 21.3. The largest absolute Gasteiger partial charge is 0.316 e. The van der Waals surface area contributed by atoms with Gasteiger partial charge in [-0.1, -0.05) is 12.2 Å². The number of hydrogen-bond donors (Lipinski definition) is 2. The Labute approximate surface area is 92.0 Å². The van der Waals surface area contributed by atoms with Crippen LogP contribution in [0.25, 0.3) is 0 Å². The maximum Gasteiger partial charge on any atom is 0.209 e. The lowest BCUT2D eigenvalue weighted by atomic mass is 9.94. The van der Waals surface area contributed by atoms with Gasteiger partial charge in [-0.15, -0.1) is 0 Å². The van der Waals surface area contributed by atoms with Gasteiger partial charge in [0.25, 0.3) is 0 Å². The first kappa shape index (κ1) is 12.7. The molecule has 0 saturated carbocycles. The number of hydrogen-bond acceptors (Lipinski definition) is 3. The van der Waals surface area contributed by atoms with Gasteiger partial charge in [0.1, 0.15) is 0 Å². The van der Waals surface area contributed by atoms with Crippen LogP contribution in [0.15, 0.2) is 12.2 Å². The quantitative estimate of drug-likeness (QED) is 0.520. The lowest BCUT2D eigenvalue weighted by Crippen LogP contribution is -2.26. The summed E-state index contributed by atoms with van der Waals surface area (Å²) in [7, 11) is -3.28. The summed E-state index contributed by atoms with van der Waals surface area (Å²) in [6.45, 7) is 1.71. The van der Waals surface area contributed by atoms with Crippen molar-refractivity contribution >= 4 is 10.0 Å². The van der Waals surface area contributed by atoms with Crippen LogP contribution >= 0.6 is 0 Å². The molecule has 15 heavy (non-hydrogen) atoms. The van der Waals surface area contributed by atoms with E-state index in [1.807, 2.05) is 0 Å². The van der Waals surface area contributed by atoms with E-state index in [-0.39, 0.29) is 5.75 Å². The predicted molar refractivity (Wildman–Crippen MR) is 61.9 cm³/mol. The van der Waals surface area contributed by atoms with E-state index >= 15 is 0 Å². The molecule has 4 nitrogen and oxygen atoms in total. The van der Waals surface area contributed by atoms with Crippen molar-refractivity contribution in [2.75, 3.05) is 18.8 Å². The van der Waals surface area contributed by atoms with Crippen LogP contribution in [0.4, 0.5) is 0 Å². The van der Waals surface area contributed by atoms with Gasteiger partial charge < -0.3 is 5.32 Å². The first-order valence-electron chi connectivity index (χ1n) is 5.44. The molecule has 0 aromatic carbocycles. The lowest BCUT2D eigenvalue weighted by molar-refractivity contribution is 0.441. The lowest BCUT2D eigenvalue weighted by Gasteiger charge is -2.17. The summed E-state index contributed by atoms with van der Waals surface area (Å²) >= 11 is 0. The highest BCUT2D eigenvalue weighted by atomic mass is 32.2. The Bertz CT molecular complexity index is 299. The number of primary sulfonamides is 1. The van der Waals surface area contributed by atoms with E-state index in [1.54, 1.807) is 0 Å². The summed E-state index contributed by atoms with van der Waals surface area (Å²) in [5, 5.41) is 8.17. The zero-order chi connectivity index (χ0) is 11.1. The molecule has 0 saturated heterocycles. The molecule has 0 bridgehead atoms. The highest BCUT2D eigenvalue weighted by Crippen LogP contribution is 2.16. The van der Waals surface area contributed by atoms with Crippen molar-refractivity contribution in [3.05, 3.63) is 12.2 Å². The third-order valence-corrected chi connectivity index (χ3v) is 3.45. The maximum absolute atomic E-state index is 10.6. The molecule has 0 aromatic rings. The fourth-order valence-corrected chi connectivity index (χ4v) is 2.29. The first-order valence-corrected chi connectivity index (χ1v) is 7.15. The molecule has 1 aliphatic rings. The van der Waals surface area contributed by atoms with Crippen LogP contribution < -0.4 is 10.5 Å². The van der Waals surface area contributed by atoms with E-state index in [1.165, 1.54) is 12.8 Å². The van der Waals surface area contributed by atoms with Crippen molar-refractivity contribution in [2.45, 2.75) is 25.7 Å². The van der Waals surface area contributed by atoms with Crippen LogP contribution in [0.5, 0.6) is 0 Å². The molecule has 1 rings (SSSR count). The van der Waals surface area contributed by atoms with Gasteiger partial charge in [0, 0.05) is 0 Å². The highest BCUT2D eigenvalue weighted by molar-refractivity contribution is 7.89. The third kappa shape index (κ3) is 6.65. The Morgan fingerprint density at radius 2 is 2.20 bits per heavy atom. The molecule has 0 spiro atoms. The van der Waals surface area contributed by atoms with Crippen molar-refractivity contribution in [1.29, 1.82) is 0 Å². The summed E-state index contributed by atoms with van der Waals surface area (Å²) in [5.74, 6) is 0.786. The number of nitrogens with one attached hydrogen (secondary N) is 1. The van der Waals surface area contributed by atoms with E-state index < -0.39 is 10.0 Å². The number of sulfonamides is 1. The van der Waals surface area contributed by atoms with Crippen LogP contribution in [0, 0.1) is 5.92 Å². The van der Waals surface area contributed by atoms with E-state index in [4.69, 9.17) is 5.14 Å². The number of nitrogens with two attached hydrogens (primary N) is 1. The Morgan fingerprint density at radius 1 is 1.40 bits per heavy atom. The molecule has 1 aliphatic carbocycles. The summed E-state index contributed by atoms with van der Waals surface area (Å²) in [6, 6.07) is 0. The fourth-order valence-electron chi connectivity index (χ4n) is 1.75. The molecule has 1 atom stereocenters. The molecule has 0 radical (unpaired) electrons. The highest BCUT2D eigenvalue weighted by Gasteiger charge is 2.08. The maximum atomic E-state index is 10.6. The molecule has 0 aromatic heterocycles. The van der Waals surface area contributed by atoms with Gasteiger partial charge in [0.2, 0.25) is 10.0 Å². The summed E-state index contributed by atoms with van der Waals surface area (Å²) in [5.41, 5.74) is 0. The second-order valence-electron chi connectivity index (χ2n) is 4.08. The van der Waals surface area contributed by atoms with E-state index in [2.05, 4.69) is 17.5 Å².